The molecule has 0 saturated carbocycles. The lowest BCUT2D eigenvalue weighted by Gasteiger charge is -2.31. The van der Waals surface area contributed by atoms with Crippen LogP contribution < -0.4 is 0 Å². The highest BCUT2D eigenvalue weighted by atomic mass is 16.4. The van der Waals surface area contributed by atoms with E-state index in [1.54, 1.807) is 0 Å². The van der Waals surface area contributed by atoms with Crippen LogP contribution in [0.4, 0.5) is 0 Å². The molecule has 3 nitrogen and oxygen atoms in total. The SMILES string of the molecule is Cc1ccc(C)c([C@@H]2CN(C(C)(C)C)C[C@H]2C(=O)O)c1. The summed E-state index contributed by atoms with van der Waals surface area (Å²) in [6, 6.07) is 6.34. The van der Waals surface area contributed by atoms with Gasteiger partial charge >= 0.3 is 5.97 Å². The summed E-state index contributed by atoms with van der Waals surface area (Å²) < 4.78 is 0. The minimum atomic E-state index is -0.678. The van der Waals surface area contributed by atoms with Gasteiger partial charge in [-0.25, -0.2) is 0 Å². The third-order valence-electron chi connectivity index (χ3n) is 4.42. The first-order chi connectivity index (χ1) is 9.20. The van der Waals surface area contributed by atoms with Gasteiger partial charge in [0.05, 0.1) is 5.92 Å². The maximum absolute atomic E-state index is 11.6. The van der Waals surface area contributed by atoms with Crippen molar-refractivity contribution in [2.45, 2.75) is 46.1 Å². The van der Waals surface area contributed by atoms with Crippen LogP contribution in [0.15, 0.2) is 18.2 Å². The number of hydrogen-bond acceptors (Lipinski definition) is 2. The van der Waals surface area contributed by atoms with Gasteiger partial charge in [0, 0.05) is 24.5 Å². The highest BCUT2D eigenvalue weighted by Crippen LogP contribution is 2.37. The largest absolute Gasteiger partial charge is 0.481 e. The van der Waals surface area contributed by atoms with E-state index in [1.807, 2.05) is 0 Å². The second kappa shape index (κ2) is 5.21. The van der Waals surface area contributed by atoms with Crippen molar-refractivity contribution in [2.75, 3.05) is 13.1 Å². The van der Waals surface area contributed by atoms with Gasteiger partial charge in [-0.05, 0) is 45.7 Å². The van der Waals surface area contributed by atoms with Crippen LogP contribution in [-0.4, -0.2) is 34.6 Å². The molecule has 0 aliphatic carbocycles. The number of aryl methyl sites for hydroxylation is 2. The predicted molar refractivity (Wildman–Crippen MR) is 81.1 cm³/mol. The molecule has 20 heavy (non-hydrogen) atoms. The number of hydrogen-bond donors (Lipinski definition) is 1. The lowest BCUT2D eigenvalue weighted by molar-refractivity contribution is -0.141. The first-order valence-corrected chi connectivity index (χ1v) is 7.25. The van der Waals surface area contributed by atoms with Crippen LogP contribution in [-0.2, 0) is 4.79 Å². The maximum atomic E-state index is 11.6. The number of carboxylic acid groups (broad SMARTS) is 1. The van der Waals surface area contributed by atoms with Gasteiger partial charge in [0.25, 0.3) is 0 Å². The second-order valence-electron chi connectivity index (χ2n) is 6.99. The zero-order valence-electron chi connectivity index (χ0n) is 13.1. The molecule has 0 amide bonds. The fraction of sp³-hybridized carbons (Fsp3) is 0.588. The molecule has 1 aromatic carbocycles. The van der Waals surface area contributed by atoms with E-state index in [0.29, 0.717) is 6.54 Å². The molecule has 0 radical (unpaired) electrons. The van der Waals surface area contributed by atoms with E-state index in [9.17, 15) is 9.90 Å². The Morgan fingerprint density at radius 3 is 2.45 bits per heavy atom. The van der Waals surface area contributed by atoms with Gasteiger partial charge in [-0.2, -0.15) is 0 Å². The van der Waals surface area contributed by atoms with Crippen molar-refractivity contribution in [1.82, 2.24) is 4.90 Å². The number of likely N-dealkylation sites (tertiary alicyclic amines) is 1. The summed E-state index contributed by atoms with van der Waals surface area (Å²) in [4.78, 5) is 13.9. The Kier molecular flexibility index (Phi) is 3.92. The number of nitrogens with zero attached hydrogens (tertiary/aromatic N) is 1. The van der Waals surface area contributed by atoms with Crippen molar-refractivity contribution in [2.24, 2.45) is 5.92 Å². The van der Waals surface area contributed by atoms with Crippen molar-refractivity contribution in [3.05, 3.63) is 34.9 Å². The molecule has 0 unspecified atom stereocenters. The summed E-state index contributed by atoms with van der Waals surface area (Å²) in [7, 11) is 0. The standard InChI is InChI=1S/C17H25NO2/c1-11-6-7-12(2)13(8-11)14-9-18(17(3,4)5)10-15(14)16(19)20/h6-8,14-15H,9-10H2,1-5H3,(H,19,20)/t14-,15+/m0/s1. The molecular formula is C17H25NO2. The summed E-state index contributed by atoms with van der Waals surface area (Å²) in [6.45, 7) is 12.1. The molecule has 3 heteroatoms. The highest BCUT2D eigenvalue weighted by molar-refractivity contribution is 5.72. The first kappa shape index (κ1) is 15.0. The summed E-state index contributed by atoms with van der Waals surface area (Å²) >= 11 is 0. The smallest absolute Gasteiger partial charge is 0.308 e. The molecule has 1 aliphatic rings. The van der Waals surface area contributed by atoms with Crippen LogP contribution in [0.1, 0.15) is 43.4 Å². The summed E-state index contributed by atoms with van der Waals surface area (Å²) in [6.07, 6.45) is 0. The molecule has 0 spiro atoms. The van der Waals surface area contributed by atoms with Crippen LogP contribution in [0.2, 0.25) is 0 Å². The number of carbonyl (C=O) groups is 1. The fourth-order valence-electron chi connectivity index (χ4n) is 3.08. The average Bonchev–Trinajstić information content (AvgIpc) is 2.77. The van der Waals surface area contributed by atoms with Crippen LogP contribution in [0, 0.1) is 19.8 Å². The summed E-state index contributed by atoms with van der Waals surface area (Å²) in [5.41, 5.74) is 3.61. The normalized spacial score (nSPS) is 24.1. The number of rotatable bonds is 2. The van der Waals surface area contributed by atoms with E-state index in [2.05, 4.69) is 57.7 Å². The van der Waals surface area contributed by atoms with Crippen molar-refractivity contribution >= 4 is 5.97 Å². The number of aliphatic carboxylic acids is 1. The van der Waals surface area contributed by atoms with Gasteiger partial charge in [0.15, 0.2) is 0 Å². The van der Waals surface area contributed by atoms with Gasteiger partial charge in [0.2, 0.25) is 0 Å². The Labute approximate surface area is 121 Å². The zero-order chi connectivity index (χ0) is 15.1. The van der Waals surface area contributed by atoms with E-state index >= 15 is 0 Å². The number of benzene rings is 1. The van der Waals surface area contributed by atoms with Gasteiger partial charge in [0.1, 0.15) is 0 Å². The molecular weight excluding hydrogens is 250 g/mol. The fourth-order valence-corrected chi connectivity index (χ4v) is 3.08. The monoisotopic (exact) mass is 275 g/mol. The van der Waals surface area contributed by atoms with E-state index in [4.69, 9.17) is 0 Å². The Hall–Kier alpha value is -1.35. The van der Waals surface area contributed by atoms with Crippen LogP contribution in [0.5, 0.6) is 0 Å². The first-order valence-electron chi connectivity index (χ1n) is 7.25. The lowest BCUT2D eigenvalue weighted by atomic mass is 9.86. The minimum absolute atomic E-state index is 0.0141. The lowest BCUT2D eigenvalue weighted by Crippen LogP contribution is -2.40. The molecule has 1 N–H and O–H groups in total. The predicted octanol–water partition coefficient (Wildman–Crippen LogP) is 3.20. The molecule has 0 aromatic heterocycles. The molecule has 2 atom stereocenters. The third-order valence-corrected chi connectivity index (χ3v) is 4.42. The number of carboxylic acids is 1. The second-order valence-corrected chi connectivity index (χ2v) is 6.99. The molecule has 1 fully saturated rings. The van der Waals surface area contributed by atoms with Crippen molar-refractivity contribution in [3.8, 4) is 0 Å². The van der Waals surface area contributed by atoms with Crippen molar-refractivity contribution in [1.29, 1.82) is 0 Å². The van der Waals surface area contributed by atoms with Gasteiger partial charge in [-0.15, -0.1) is 0 Å². The topological polar surface area (TPSA) is 40.5 Å². The van der Waals surface area contributed by atoms with E-state index < -0.39 is 5.97 Å². The Morgan fingerprint density at radius 2 is 1.90 bits per heavy atom. The third kappa shape index (κ3) is 2.88. The molecule has 0 bridgehead atoms. The van der Waals surface area contributed by atoms with Crippen molar-refractivity contribution in [3.63, 3.8) is 0 Å². The molecule has 1 saturated heterocycles. The molecule has 110 valence electrons. The van der Waals surface area contributed by atoms with Gasteiger partial charge < -0.3 is 5.11 Å². The quantitative estimate of drug-likeness (QED) is 0.901. The molecule has 1 aromatic rings. The van der Waals surface area contributed by atoms with Gasteiger partial charge in [-0.1, -0.05) is 23.8 Å². The molecule has 1 aliphatic heterocycles. The summed E-state index contributed by atoms with van der Waals surface area (Å²) in [5.74, 6) is -0.899. The Balaban J connectivity index is 2.38. The van der Waals surface area contributed by atoms with Gasteiger partial charge in [-0.3, -0.25) is 9.69 Å². The Morgan fingerprint density at radius 1 is 1.25 bits per heavy atom. The Bertz CT molecular complexity index is 516. The van der Waals surface area contributed by atoms with E-state index in [1.165, 1.54) is 16.7 Å². The van der Waals surface area contributed by atoms with Crippen LogP contribution in [0.25, 0.3) is 0 Å². The molecule has 1 heterocycles. The van der Waals surface area contributed by atoms with Crippen LogP contribution in [0.3, 0.4) is 0 Å². The maximum Gasteiger partial charge on any atom is 0.308 e. The summed E-state index contributed by atoms with van der Waals surface area (Å²) in [5, 5.41) is 9.56. The van der Waals surface area contributed by atoms with Crippen LogP contribution >= 0.6 is 0 Å². The minimum Gasteiger partial charge on any atom is -0.481 e. The zero-order valence-corrected chi connectivity index (χ0v) is 13.1. The van der Waals surface area contributed by atoms with E-state index in [-0.39, 0.29) is 17.4 Å². The molecule has 2 rings (SSSR count). The average molecular weight is 275 g/mol. The highest BCUT2D eigenvalue weighted by Gasteiger charge is 2.42. The van der Waals surface area contributed by atoms with Crippen molar-refractivity contribution < 1.29 is 9.90 Å². The van der Waals surface area contributed by atoms with E-state index in [0.717, 1.165) is 6.54 Å².